The molecule has 3 aliphatic rings. The molecule has 2 amide bonds. The van der Waals surface area contributed by atoms with Gasteiger partial charge in [0.2, 0.25) is 0 Å². The molecular formula is C27H42N6O5S. The van der Waals surface area contributed by atoms with Gasteiger partial charge in [0.1, 0.15) is 5.82 Å². The summed E-state index contributed by atoms with van der Waals surface area (Å²) in [4.78, 5) is 21.3. The first kappa shape index (κ1) is 28.1. The van der Waals surface area contributed by atoms with Crippen molar-refractivity contribution < 1.29 is 22.7 Å². The van der Waals surface area contributed by atoms with Crippen molar-refractivity contribution in [1.29, 1.82) is 0 Å². The molecule has 0 saturated carbocycles. The molecule has 0 aliphatic carbocycles. The van der Waals surface area contributed by atoms with Crippen LogP contribution < -0.4 is 4.31 Å². The number of fused-ring (bicyclic) bond motifs is 1. The molecule has 12 heteroatoms. The molecule has 1 aromatic carbocycles. The number of nitrogens with zero attached hydrogens (tertiary/aromatic N) is 6. The number of aromatic nitrogens is 2. The molecule has 4 heterocycles. The Hall–Kier alpha value is -2.41. The summed E-state index contributed by atoms with van der Waals surface area (Å²) in [6.07, 6.45) is 2.07. The lowest BCUT2D eigenvalue weighted by atomic mass is 9.94. The van der Waals surface area contributed by atoms with Crippen LogP contribution in [0.5, 0.6) is 0 Å². The van der Waals surface area contributed by atoms with Gasteiger partial charge in [0, 0.05) is 71.5 Å². The van der Waals surface area contributed by atoms with Crippen LogP contribution in [0.15, 0.2) is 18.2 Å². The van der Waals surface area contributed by atoms with E-state index in [9.17, 15) is 13.2 Å². The fourth-order valence-corrected chi connectivity index (χ4v) is 6.98. The molecule has 0 N–H and O–H groups in total. The maximum absolute atomic E-state index is 13.6. The van der Waals surface area contributed by atoms with E-state index in [1.54, 1.807) is 16.8 Å². The van der Waals surface area contributed by atoms with Crippen LogP contribution in [0.25, 0.3) is 11.0 Å². The number of anilines is 1. The number of urea groups is 1. The zero-order chi connectivity index (χ0) is 27.8. The Bertz CT molecular complexity index is 1270. The number of carbonyl (C=O) groups is 1. The summed E-state index contributed by atoms with van der Waals surface area (Å²) in [5.74, 6) is 1.54. The highest BCUT2D eigenvalue weighted by Gasteiger charge is 2.34. The Morgan fingerprint density at radius 1 is 0.974 bits per heavy atom. The van der Waals surface area contributed by atoms with Gasteiger partial charge in [-0.1, -0.05) is 20.8 Å². The number of amides is 2. The zero-order valence-corrected chi connectivity index (χ0v) is 24.5. The lowest BCUT2D eigenvalue weighted by Gasteiger charge is -2.39. The van der Waals surface area contributed by atoms with Crippen molar-refractivity contribution >= 4 is 33.0 Å². The van der Waals surface area contributed by atoms with E-state index in [4.69, 9.17) is 14.5 Å². The molecule has 39 heavy (non-hydrogen) atoms. The molecule has 3 fully saturated rings. The van der Waals surface area contributed by atoms with E-state index < -0.39 is 10.2 Å². The molecule has 3 aliphatic heterocycles. The van der Waals surface area contributed by atoms with Crippen LogP contribution in [0.3, 0.4) is 0 Å². The summed E-state index contributed by atoms with van der Waals surface area (Å²) in [7, 11) is -2.18. The maximum Gasteiger partial charge on any atom is 0.320 e. The van der Waals surface area contributed by atoms with Gasteiger partial charge in [-0.25, -0.2) is 9.78 Å². The highest BCUT2D eigenvalue weighted by Crippen LogP contribution is 2.32. The van der Waals surface area contributed by atoms with Crippen LogP contribution >= 0.6 is 0 Å². The number of carbonyl (C=O) groups excluding carboxylic acids is 1. The number of hydrogen-bond acceptors (Lipinski definition) is 6. The van der Waals surface area contributed by atoms with E-state index in [1.165, 1.54) is 8.61 Å². The molecule has 216 valence electrons. The predicted octanol–water partition coefficient (Wildman–Crippen LogP) is 2.51. The first-order chi connectivity index (χ1) is 18.6. The number of imidazole rings is 1. The van der Waals surface area contributed by atoms with Crippen molar-refractivity contribution in [2.75, 3.05) is 77.0 Å². The smallest absolute Gasteiger partial charge is 0.320 e. The minimum atomic E-state index is -3.77. The third kappa shape index (κ3) is 5.89. The van der Waals surface area contributed by atoms with Crippen molar-refractivity contribution in [2.45, 2.75) is 45.6 Å². The molecule has 0 atom stereocenters. The second-order valence-corrected chi connectivity index (χ2v) is 13.7. The quantitative estimate of drug-likeness (QED) is 0.555. The molecule has 0 bridgehead atoms. The zero-order valence-electron chi connectivity index (χ0n) is 23.6. The number of hydrogen-bond donors (Lipinski definition) is 0. The molecule has 11 nitrogen and oxygen atoms in total. The van der Waals surface area contributed by atoms with Gasteiger partial charge in [-0.05, 0) is 37.0 Å². The van der Waals surface area contributed by atoms with Crippen molar-refractivity contribution in [2.24, 2.45) is 5.92 Å². The van der Waals surface area contributed by atoms with Crippen LogP contribution in [0, 0.1) is 5.92 Å². The number of piperazine rings is 1. The topological polar surface area (TPSA) is 100 Å². The summed E-state index contributed by atoms with van der Waals surface area (Å²) >= 11 is 0. The van der Waals surface area contributed by atoms with E-state index in [0.29, 0.717) is 51.0 Å². The standard InChI is InChI=1S/C27H42N6O5S/c1-27(2,3)25-28-23-19-22(5-6-24(23)33(25)20-21-7-15-37-16-8-21)29(4)39(35,36)32-11-9-30(10-12-32)26(34)31-13-17-38-18-14-31/h5-6,19,21H,7-18,20H2,1-4H3. The van der Waals surface area contributed by atoms with Gasteiger partial charge in [-0.2, -0.15) is 12.7 Å². The fraction of sp³-hybridized carbons (Fsp3) is 0.704. The van der Waals surface area contributed by atoms with Gasteiger partial charge in [0.05, 0.1) is 29.9 Å². The molecule has 5 rings (SSSR count). The number of benzene rings is 1. The van der Waals surface area contributed by atoms with Gasteiger partial charge in [0.15, 0.2) is 0 Å². The van der Waals surface area contributed by atoms with E-state index in [0.717, 1.165) is 49.5 Å². The van der Waals surface area contributed by atoms with Crippen molar-refractivity contribution in [1.82, 2.24) is 23.7 Å². The largest absolute Gasteiger partial charge is 0.381 e. The first-order valence-corrected chi connectivity index (χ1v) is 15.4. The lowest BCUT2D eigenvalue weighted by molar-refractivity contribution is 0.0405. The average Bonchev–Trinajstić information content (AvgIpc) is 3.31. The van der Waals surface area contributed by atoms with Crippen molar-refractivity contribution in [3.63, 3.8) is 0 Å². The average molecular weight is 563 g/mol. The Balaban J connectivity index is 1.32. The number of rotatable bonds is 5. The van der Waals surface area contributed by atoms with Crippen molar-refractivity contribution in [3.05, 3.63) is 24.0 Å². The highest BCUT2D eigenvalue weighted by molar-refractivity contribution is 7.90. The summed E-state index contributed by atoms with van der Waals surface area (Å²) in [5.41, 5.74) is 2.25. The monoisotopic (exact) mass is 562 g/mol. The van der Waals surface area contributed by atoms with Crippen LogP contribution in [0.4, 0.5) is 10.5 Å². The van der Waals surface area contributed by atoms with Crippen LogP contribution in [-0.2, 0) is 31.6 Å². The Morgan fingerprint density at radius 2 is 1.59 bits per heavy atom. The van der Waals surface area contributed by atoms with E-state index >= 15 is 0 Å². The molecule has 0 unspecified atom stereocenters. The fourth-order valence-electron chi connectivity index (χ4n) is 5.63. The lowest BCUT2D eigenvalue weighted by Crippen LogP contribution is -2.57. The Kier molecular flexibility index (Phi) is 8.10. The van der Waals surface area contributed by atoms with Crippen LogP contribution in [-0.4, -0.2) is 111 Å². The Labute approximate surface area is 231 Å². The molecule has 1 aromatic heterocycles. The van der Waals surface area contributed by atoms with Gasteiger partial charge in [-0.3, -0.25) is 4.31 Å². The molecular weight excluding hydrogens is 520 g/mol. The molecule has 3 saturated heterocycles. The van der Waals surface area contributed by atoms with E-state index in [-0.39, 0.29) is 24.5 Å². The predicted molar refractivity (Wildman–Crippen MR) is 150 cm³/mol. The highest BCUT2D eigenvalue weighted by atomic mass is 32.2. The van der Waals surface area contributed by atoms with Crippen LogP contribution in [0.1, 0.15) is 39.4 Å². The van der Waals surface area contributed by atoms with Gasteiger partial charge >= 0.3 is 16.2 Å². The second-order valence-electron chi connectivity index (χ2n) is 11.8. The number of morpholine rings is 1. The third-order valence-electron chi connectivity index (χ3n) is 8.01. The van der Waals surface area contributed by atoms with E-state index in [1.807, 2.05) is 18.2 Å². The van der Waals surface area contributed by atoms with Crippen LogP contribution in [0.2, 0.25) is 0 Å². The number of ether oxygens (including phenoxy) is 2. The summed E-state index contributed by atoms with van der Waals surface area (Å²) < 4.78 is 43.2. The Morgan fingerprint density at radius 3 is 2.23 bits per heavy atom. The van der Waals surface area contributed by atoms with E-state index in [2.05, 4.69) is 25.3 Å². The molecule has 0 radical (unpaired) electrons. The second kappa shape index (κ2) is 11.2. The van der Waals surface area contributed by atoms with Gasteiger partial charge in [0.25, 0.3) is 0 Å². The molecule has 2 aromatic rings. The van der Waals surface area contributed by atoms with Gasteiger partial charge < -0.3 is 23.8 Å². The minimum Gasteiger partial charge on any atom is -0.381 e. The normalized spacial score (nSPS) is 20.5. The first-order valence-electron chi connectivity index (χ1n) is 14.0. The van der Waals surface area contributed by atoms with Crippen molar-refractivity contribution in [3.8, 4) is 0 Å². The summed E-state index contributed by atoms with van der Waals surface area (Å²) in [6, 6.07) is 5.70. The summed E-state index contributed by atoms with van der Waals surface area (Å²) in [5, 5.41) is 0. The molecule has 0 spiro atoms. The summed E-state index contributed by atoms with van der Waals surface area (Å²) in [6.45, 7) is 12.5. The minimum absolute atomic E-state index is 0.0415. The van der Waals surface area contributed by atoms with Gasteiger partial charge in [-0.15, -0.1) is 0 Å². The SMILES string of the molecule is CN(c1ccc2c(c1)nc(C(C)(C)C)n2CC1CCOCC1)S(=O)(=O)N1CCN(C(=O)N2CCOCC2)CC1. The maximum atomic E-state index is 13.6. The third-order valence-corrected chi connectivity index (χ3v) is 9.93.